The number of aldehydes is 1. The maximum Gasteiger partial charge on any atom is 0.303 e. The molecule has 0 aromatic heterocycles. The van der Waals surface area contributed by atoms with Gasteiger partial charge in [-0.1, -0.05) is 0 Å². The van der Waals surface area contributed by atoms with Crippen molar-refractivity contribution in [1.29, 1.82) is 0 Å². The Morgan fingerprint density at radius 2 is 1.94 bits per heavy atom. The first-order chi connectivity index (χ1) is 7.61. The molecule has 1 rings (SSSR count). The molecular weight excluding hydrogens is 210 g/mol. The second-order valence-corrected chi connectivity index (χ2v) is 3.07. The number of hydrogen-bond donors (Lipinski definition) is 1. The SMILES string of the molecule is CC(=O)OCC(=O)Nc1ccc(C=O)cc1. The van der Waals surface area contributed by atoms with Crippen molar-refractivity contribution >= 4 is 23.9 Å². The Morgan fingerprint density at radius 3 is 2.44 bits per heavy atom. The fourth-order valence-corrected chi connectivity index (χ4v) is 1.01. The highest BCUT2D eigenvalue weighted by Gasteiger charge is 2.04. The first-order valence-electron chi connectivity index (χ1n) is 4.60. The van der Waals surface area contributed by atoms with Crippen LogP contribution < -0.4 is 5.32 Å². The summed E-state index contributed by atoms with van der Waals surface area (Å²) in [5.74, 6) is -0.930. The topological polar surface area (TPSA) is 72.5 Å². The van der Waals surface area contributed by atoms with Crippen molar-refractivity contribution in [2.24, 2.45) is 0 Å². The van der Waals surface area contributed by atoms with Gasteiger partial charge in [-0.15, -0.1) is 0 Å². The van der Waals surface area contributed by atoms with Crippen LogP contribution in [-0.4, -0.2) is 24.8 Å². The van der Waals surface area contributed by atoms with Crippen LogP contribution in [0.15, 0.2) is 24.3 Å². The molecule has 1 amide bonds. The van der Waals surface area contributed by atoms with E-state index in [1.54, 1.807) is 24.3 Å². The molecule has 5 nitrogen and oxygen atoms in total. The molecule has 0 spiro atoms. The van der Waals surface area contributed by atoms with Gasteiger partial charge in [-0.25, -0.2) is 0 Å². The van der Waals surface area contributed by atoms with Crippen LogP contribution in [0.5, 0.6) is 0 Å². The van der Waals surface area contributed by atoms with Crippen LogP contribution in [0.25, 0.3) is 0 Å². The quantitative estimate of drug-likeness (QED) is 0.608. The molecule has 0 unspecified atom stereocenters. The zero-order valence-electron chi connectivity index (χ0n) is 8.73. The number of nitrogens with one attached hydrogen (secondary N) is 1. The lowest BCUT2D eigenvalue weighted by atomic mass is 10.2. The Hall–Kier alpha value is -2.17. The van der Waals surface area contributed by atoms with E-state index in [0.717, 1.165) is 0 Å². The predicted octanol–water partition coefficient (Wildman–Crippen LogP) is 1.00. The molecule has 0 heterocycles. The molecule has 0 radical (unpaired) electrons. The fourth-order valence-electron chi connectivity index (χ4n) is 1.01. The average Bonchev–Trinajstić information content (AvgIpc) is 2.27. The Balaban J connectivity index is 2.49. The van der Waals surface area contributed by atoms with Gasteiger partial charge in [0, 0.05) is 18.2 Å². The van der Waals surface area contributed by atoms with E-state index in [2.05, 4.69) is 10.1 Å². The fraction of sp³-hybridized carbons (Fsp3) is 0.182. The summed E-state index contributed by atoms with van der Waals surface area (Å²) in [5.41, 5.74) is 1.07. The van der Waals surface area contributed by atoms with Gasteiger partial charge < -0.3 is 10.1 Å². The van der Waals surface area contributed by atoms with Gasteiger partial charge in [-0.3, -0.25) is 14.4 Å². The van der Waals surface area contributed by atoms with Gasteiger partial charge in [0.15, 0.2) is 6.61 Å². The van der Waals surface area contributed by atoms with Gasteiger partial charge in [0.2, 0.25) is 0 Å². The summed E-state index contributed by atoms with van der Waals surface area (Å²) in [6.07, 6.45) is 0.713. The number of anilines is 1. The molecule has 0 bridgehead atoms. The van der Waals surface area contributed by atoms with Crippen molar-refractivity contribution < 1.29 is 19.1 Å². The molecule has 0 atom stereocenters. The number of esters is 1. The lowest BCUT2D eigenvalue weighted by Crippen LogP contribution is -2.19. The minimum absolute atomic E-state index is 0.315. The van der Waals surface area contributed by atoms with Gasteiger partial charge >= 0.3 is 5.97 Å². The molecule has 84 valence electrons. The van der Waals surface area contributed by atoms with Gasteiger partial charge in [-0.2, -0.15) is 0 Å². The van der Waals surface area contributed by atoms with E-state index in [1.807, 2.05) is 0 Å². The molecule has 0 saturated heterocycles. The number of rotatable bonds is 4. The molecule has 0 fully saturated rings. The van der Waals surface area contributed by atoms with E-state index in [0.29, 0.717) is 17.5 Å². The van der Waals surface area contributed by atoms with Crippen molar-refractivity contribution in [2.75, 3.05) is 11.9 Å². The van der Waals surface area contributed by atoms with E-state index in [1.165, 1.54) is 6.92 Å². The smallest absolute Gasteiger partial charge is 0.303 e. The van der Waals surface area contributed by atoms with Gasteiger partial charge in [0.25, 0.3) is 5.91 Å². The maximum atomic E-state index is 11.2. The summed E-state index contributed by atoms with van der Waals surface area (Å²) in [7, 11) is 0. The molecule has 0 saturated carbocycles. The van der Waals surface area contributed by atoms with E-state index < -0.39 is 11.9 Å². The minimum atomic E-state index is -0.508. The second kappa shape index (κ2) is 5.65. The average molecular weight is 221 g/mol. The number of hydrogen-bond acceptors (Lipinski definition) is 4. The molecule has 0 aliphatic heterocycles. The normalized spacial score (nSPS) is 9.31. The molecule has 5 heteroatoms. The number of carbonyl (C=O) groups is 3. The number of amides is 1. The third-order valence-corrected chi connectivity index (χ3v) is 1.74. The largest absolute Gasteiger partial charge is 0.456 e. The lowest BCUT2D eigenvalue weighted by molar-refractivity contribution is -0.144. The van der Waals surface area contributed by atoms with Crippen molar-refractivity contribution in [2.45, 2.75) is 6.92 Å². The standard InChI is InChI=1S/C11H11NO4/c1-8(14)16-7-11(15)12-10-4-2-9(6-13)3-5-10/h2-6H,7H2,1H3,(H,12,15). The second-order valence-electron chi connectivity index (χ2n) is 3.07. The predicted molar refractivity (Wildman–Crippen MR) is 57.1 cm³/mol. The summed E-state index contributed by atoms with van der Waals surface area (Å²) in [6, 6.07) is 6.34. The van der Waals surface area contributed by atoms with Gasteiger partial charge in [0.1, 0.15) is 6.29 Å². The highest BCUT2D eigenvalue weighted by atomic mass is 16.5. The van der Waals surface area contributed by atoms with E-state index in [9.17, 15) is 14.4 Å². The molecular formula is C11H11NO4. The zero-order chi connectivity index (χ0) is 12.0. The van der Waals surface area contributed by atoms with E-state index in [4.69, 9.17) is 0 Å². The Kier molecular flexibility index (Phi) is 4.20. The van der Waals surface area contributed by atoms with Crippen LogP contribution in [0.1, 0.15) is 17.3 Å². The number of benzene rings is 1. The molecule has 1 N–H and O–H groups in total. The highest BCUT2D eigenvalue weighted by Crippen LogP contribution is 2.07. The van der Waals surface area contributed by atoms with E-state index >= 15 is 0 Å². The third kappa shape index (κ3) is 3.91. The Morgan fingerprint density at radius 1 is 1.31 bits per heavy atom. The lowest BCUT2D eigenvalue weighted by Gasteiger charge is -2.04. The number of carbonyl (C=O) groups excluding carboxylic acids is 3. The molecule has 1 aromatic rings. The summed E-state index contributed by atoms with van der Waals surface area (Å²) in [6.45, 7) is 0.914. The zero-order valence-corrected chi connectivity index (χ0v) is 8.73. The molecule has 0 aliphatic rings. The van der Waals surface area contributed by atoms with E-state index in [-0.39, 0.29) is 6.61 Å². The summed E-state index contributed by atoms with van der Waals surface area (Å²) < 4.78 is 4.51. The monoisotopic (exact) mass is 221 g/mol. The first kappa shape index (κ1) is 11.9. The van der Waals surface area contributed by atoms with Crippen LogP contribution >= 0.6 is 0 Å². The Labute approximate surface area is 92.4 Å². The summed E-state index contributed by atoms with van der Waals surface area (Å²) >= 11 is 0. The maximum absolute atomic E-state index is 11.2. The van der Waals surface area contributed by atoms with Crippen molar-refractivity contribution in [1.82, 2.24) is 0 Å². The van der Waals surface area contributed by atoms with Crippen molar-refractivity contribution in [3.8, 4) is 0 Å². The number of ether oxygens (including phenoxy) is 1. The summed E-state index contributed by atoms with van der Waals surface area (Å²) in [4.78, 5) is 32.0. The van der Waals surface area contributed by atoms with Crippen molar-refractivity contribution in [3.05, 3.63) is 29.8 Å². The van der Waals surface area contributed by atoms with Crippen LogP contribution in [0, 0.1) is 0 Å². The van der Waals surface area contributed by atoms with Crippen LogP contribution in [-0.2, 0) is 14.3 Å². The minimum Gasteiger partial charge on any atom is -0.456 e. The molecule has 16 heavy (non-hydrogen) atoms. The van der Waals surface area contributed by atoms with Gasteiger partial charge in [-0.05, 0) is 24.3 Å². The van der Waals surface area contributed by atoms with Gasteiger partial charge in [0.05, 0.1) is 0 Å². The third-order valence-electron chi connectivity index (χ3n) is 1.74. The molecule has 1 aromatic carbocycles. The van der Waals surface area contributed by atoms with Crippen LogP contribution in [0.4, 0.5) is 5.69 Å². The Bertz CT molecular complexity index is 397. The van der Waals surface area contributed by atoms with Crippen LogP contribution in [0.3, 0.4) is 0 Å². The van der Waals surface area contributed by atoms with Crippen LogP contribution in [0.2, 0.25) is 0 Å². The summed E-state index contributed by atoms with van der Waals surface area (Å²) in [5, 5.41) is 2.52. The first-order valence-corrected chi connectivity index (χ1v) is 4.60. The highest BCUT2D eigenvalue weighted by molar-refractivity contribution is 5.93. The molecule has 0 aliphatic carbocycles. The van der Waals surface area contributed by atoms with Crippen molar-refractivity contribution in [3.63, 3.8) is 0 Å².